The first kappa shape index (κ1) is 12.4. The van der Waals surface area contributed by atoms with Crippen LogP contribution in [-0.4, -0.2) is 23.2 Å². The van der Waals surface area contributed by atoms with E-state index in [0.29, 0.717) is 6.10 Å². The van der Waals surface area contributed by atoms with Crippen molar-refractivity contribution in [2.45, 2.75) is 58.2 Å². The maximum atomic E-state index is 5.81. The summed E-state index contributed by atoms with van der Waals surface area (Å²) in [6.07, 6.45) is 0.438. The van der Waals surface area contributed by atoms with E-state index in [1.54, 1.807) is 0 Å². The zero-order valence-corrected chi connectivity index (χ0v) is 11.6. The standard InChI is InChI=1S/C9H24OSi2/c1-9(2)10-11(3)7-8-12(4,5)6/h9,11H,7-8H2,1-6H3. The van der Waals surface area contributed by atoms with Gasteiger partial charge >= 0.3 is 0 Å². The average molecular weight is 204 g/mol. The second-order valence-corrected chi connectivity index (χ2v) is 13.2. The second-order valence-electron chi connectivity index (χ2n) is 5.09. The molecule has 0 aromatic carbocycles. The molecule has 0 aliphatic rings. The molecular formula is C9H24OSi2. The maximum absolute atomic E-state index is 5.81. The maximum Gasteiger partial charge on any atom is 0.174 e. The first-order valence-corrected chi connectivity index (χ1v) is 11.1. The normalized spacial score (nSPS) is 15.2. The van der Waals surface area contributed by atoms with Gasteiger partial charge in [0.05, 0.1) is 0 Å². The largest absolute Gasteiger partial charge is 0.418 e. The zero-order valence-electron chi connectivity index (χ0n) is 9.48. The first-order valence-electron chi connectivity index (χ1n) is 4.97. The monoisotopic (exact) mass is 204 g/mol. The molecule has 0 saturated heterocycles. The molecule has 1 unspecified atom stereocenters. The minimum absolute atomic E-state index is 0.438. The molecule has 0 N–H and O–H groups in total. The topological polar surface area (TPSA) is 9.23 Å². The van der Waals surface area contributed by atoms with Gasteiger partial charge in [-0.15, -0.1) is 0 Å². The predicted octanol–water partition coefficient (Wildman–Crippen LogP) is 3.10. The smallest absolute Gasteiger partial charge is 0.174 e. The van der Waals surface area contributed by atoms with Crippen molar-refractivity contribution in [3.8, 4) is 0 Å². The first-order chi connectivity index (χ1) is 5.31. The van der Waals surface area contributed by atoms with Crippen molar-refractivity contribution in [2.24, 2.45) is 0 Å². The summed E-state index contributed by atoms with van der Waals surface area (Å²) >= 11 is 0. The molecule has 12 heavy (non-hydrogen) atoms. The van der Waals surface area contributed by atoms with E-state index in [2.05, 4.69) is 40.0 Å². The van der Waals surface area contributed by atoms with E-state index in [1.807, 2.05) is 0 Å². The summed E-state index contributed by atoms with van der Waals surface area (Å²) in [5.41, 5.74) is 0. The fraction of sp³-hybridized carbons (Fsp3) is 1.00. The van der Waals surface area contributed by atoms with Crippen LogP contribution in [0, 0.1) is 0 Å². The molecule has 74 valence electrons. The molecule has 0 spiro atoms. The molecule has 0 aliphatic carbocycles. The molecule has 3 heteroatoms. The van der Waals surface area contributed by atoms with Gasteiger partial charge in [-0.1, -0.05) is 25.7 Å². The Hall–Kier alpha value is 0.394. The second kappa shape index (κ2) is 5.19. The molecule has 0 bridgehead atoms. The number of rotatable bonds is 5. The molecule has 0 aliphatic heterocycles. The van der Waals surface area contributed by atoms with Gasteiger partial charge in [-0.05, 0) is 26.4 Å². The van der Waals surface area contributed by atoms with E-state index >= 15 is 0 Å². The summed E-state index contributed by atoms with van der Waals surface area (Å²) in [6, 6.07) is 2.81. The van der Waals surface area contributed by atoms with Crippen molar-refractivity contribution < 1.29 is 4.43 Å². The highest BCUT2D eigenvalue weighted by Crippen LogP contribution is 2.14. The Bertz CT molecular complexity index is 118. The molecule has 0 fully saturated rings. The van der Waals surface area contributed by atoms with E-state index in [-0.39, 0.29) is 0 Å². The summed E-state index contributed by atoms with van der Waals surface area (Å²) < 4.78 is 5.81. The Morgan fingerprint density at radius 1 is 1.25 bits per heavy atom. The van der Waals surface area contributed by atoms with Crippen LogP contribution in [-0.2, 0) is 4.43 Å². The molecule has 0 amide bonds. The fourth-order valence-corrected chi connectivity index (χ4v) is 7.32. The van der Waals surface area contributed by atoms with Crippen molar-refractivity contribution >= 4 is 17.1 Å². The molecule has 0 rings (SSSR count). The van der Waals surface area contributed by atoms with E-state index in [9.17, 15) is 0 Å². The number of hydrogen-bond acceptors (Lipinski definition) is 1. The Morgan fingerprint density at radius 3 is 2.08 bits per heavy atom. The highest BCUT2D eigenvalue weighted by molar-refractivity contribution is 6.77. The van der Waals surface area contributed by atoms with Crippen molar-refractivity contribution in [3.63, 3.8) is 0 Å². The van der Waals surface area contributed by atoms with E-state index < -0.39 is 17.1 Å². The van der Waals surface area contributed by atoms with E-state index in [1.165, 1.54) is 12.1 Å². The lowest BCUT2D eigenvalue weighted by molar-refractivity contribution is 0.245. The van der Waals surface area contributed by atoms with Gasteiger partial charge in [-0.25, -0.2) is 0 Å². The average Bonchev–Trinajstić information content (AvgIpc) is 1.80. The highest BCUT2D eigenvalue weighted by Gasteiger charge is 2.16. The quantitative estimate of drug-likeness (QED) is 0.625. The van der Waals surface area contributed by atoms with Crippen LogP contribution >= 0.6 is 0 Å². The fourth-order valence-electron chi connectivity index (χ4n) is 1.17. The van der Waals surface area contributed by atoms with Gasteiger partial charge in [-0.2, -0.15) is 0 Å². The lowest BCUT2D eigenvalue weighted by Crippen LogP contribution is -2.25. The third-order valence-corrected chi connectivity index (χ3v) is 6.28. The van der Waals surface area contributed by atoms with Gasteiger partial charge in [0.2, 0.25) is 0 Å². The Balaban J connectivity index is 3.51. The predicted molar refractivity (Wildman–Crippen MR) is 62.2 cm³/mol. The summed E-state index contributed by atoms with van der Waals surface area (Å²) in [6.45, 7) is 13.9. The minimum atomic E-state index is -0.825. The van der Waals surface area contributed by atoms with Crippen molar-refractivity contribution in [1.82, 2.24) is 0 Å². The van der Waals surface area contributed by atoms with Crippen LogP contribution in [0.1, 0.15) is 13.8 Å². The zero-order chi connectivity index (χ0) is 9.78. The van der Waals surface area contributed by atoms with Gasteiger partial charge in [0, 0.05) is 14.2 Å². The molecular weight excluding hydrogens is 180 g/mol. The van der Waals surface area contributed by atoms with Gasteiger partial charge in [-0.3, -0.25) is 0 Å². The number of hydrogen-bond donors (Lipinski definition) is 0. The van der Waals surface area contributed by atoms with E-state index in [4.69, 9.17) is 4.43 Å². The molecule has 1 nitrogen and oxygen atoms in total. The lowest BCUT2D eigenvalue weighted by atomic mass is 10.5. The third kappa shape index (κ3) is 8.49. The van der Waals surface area contributed by atoms with Crippen molar-refractivity contribution in [1.29, 1.82) is 0 Å². The summed E-state index contributed by atoms with van der Waals surface area (Å²) in [4.78, 5) is 0. The van der Waals surface area contributed by atoms with Gasteiger partial charge in [0.1, 0.15) is 0 Å². The molecule has 1 atom stereocenters. The molecule has 0 radical (unpaired) electrons. The van der Waals surface area contributed by atoms with Gasteiger partial charge < -0.3 is 4.43 Å². The Kier molecular flexibility index (Phi) is 5.36. The van der Waals surface area contributed by atoms with Crippen LogP contribution in [0.3, 0.4) is 0 Å². The summed E-state index contributed by atoms with van der Waals surface area (Å²) in [5.74, 6) is 0. The van der Waals surface area contributed by atoms with Crippen LogP contribution in [0.4, 0.5) is 0 Å². The molecule has 0 aromatic heterocycles. The van der Waals surface area contributed by atoms with E-state index in [0.717, 1.165) is 0 Å². The Morgan fingerprint density at radius 2 is 1.75 bits per heavy atom. The summed E-state index contributed by atoms with van der Waals surface area (Å²) in [7, 11) is -1.64. The van der Waals surface area contributed by atoms with Crippen molar-refractivity contribution in [2.75, 3.05) is 0 Å². The van der Waals surface area contributed by atoms with Crippen LogP contribution in [0.5, 0.6) is 0 Å². The summed E-state index contributed by atoms with van der Waals surface area (Å²) in [5, 5.41) is 0. The minimum Gasteiger partial charge on any atom is -0.418 e. The van der Waals surface area contributed by atoms with Crippen molar-refractivity contribution in [3.05, 3.63) is 0 Å². The molecule has 0 heterocycles. The van der Waals surface area contributed by atoms with Gasteiger partial charge in [0.15, 0.2) is 9.04 Å². The Labute approximate surface area is 80.3 Å². The van der Waals surface area contributed by atoms with Crippen LogP contribution in [0.2, 0.25) is 38.3 Å². The third-order valence-electron chi connectivity index (χ3n) is 1.81. The van der Waals surface area contributed by atoms with Crippen LogP contribution < -0.4 is 0 Å². The van der Waals surface area contributed by atoms with Crippen LogP contribution in [0.15, 0.2) is 0 Å². The van der Waals surface area contributed by atoms with Gasteiger partial charge in [0.25, 0.3) is 0 Å². The van der Waals surface area contributed by atoms with Crippen LogP contribution in [0.25, 0.3) is 0 Å². The highest BCUT2D eigenvalue weighted by atomic mass is 28.3. The molecule has 0 saturated carbocycles. The SMILES string of the molecule is CC(C)O[SiH](C)CC[Si](C)(C)C. The lowest BCUT2D eigenvalue weighted by Gasteiger charge is -2.20. The molecule has 0 aromatic rings.